The second-order valence-corrected chi connectivity index (χ2v) is 13.2. The van der Waals surface area contributed by atoms with E-state index in [4.69, 9.17) is 0 Å². The maximum atomic E-state index is 13.8. The largest absolute Gasteiger partial charge is 0.351 e. The van der Waals surface area contributed by atoms with Gasteiger partial charge in [0.25, 0.3) is 22.0 Å². The summed E-state index contributed by atoms with van der Waals surface area (Å²) in [5.74, 6) is 0.150. The molecule has 17 heteroatoms. The van der Waals surface area contributed by atoms with Crippen molar-refractivity contribution >= 4 is 37.0 Å². The standard InChI is InChI=1S/C22H26F2N8O5S2/c1-38(34,35)30-7-5-16(6-8-30)28-22-26-10-15-9-17(19(23)24)21(33)32(20(15)29-22)18-4-2-3-14(18)11-39(36,37)31-13-25-12-27-31/h9-13,16,18-19H,2-8H2,1H3,(H,26,28,29)/b14-11+. The molecule has 1 N–H and O–H groups in total. The number of nitrogens with zero attached hydrogens (tertiary/aromatic N) is 7. The third-order valence-electron chi connectivity index (χ3n) is 6.93. The Morgan fingerprint density at radius 3 is 2.54 bits per heavy atom. The average molecular weight is 585 g/mol. The van der Waals surface area contributed by atoms with E-state index in [-0.39, 0.29) is 23.0 Å². The van der Waals surface area contributed by atoms with Crippen molar-refractivity contribution in [3.05, 3.63) is 51.8 Å². The summed E-state index contributed by atoms with van der Waals surface area (Å²) in [6, 6.07) is 0.0889. The minimum absolute atomic E-state index is 0.0893. The summed E-state index contributed by atoms with van der Waals surface area (Å²) in [4.78, 5) is 25.7. The molecule has 13 nitrogen and oxygen atoms in total. The van der Waals surface area contributed by atoms with Crippen molar-refractivity contribution in [2.45, 2.75) is 50.6 Å². The van der Waals surface area contributed by atoms with Crippen LogP contribution in [0.3, 0.4) is 0 Å². The molecule has 210 valence electrons. The highest BCUT2D eigenvalue weighted by Crippen LogP contribution is 2.37. The van der Waals surface area contributed by atoms with Gasteiger partial charge in [-0.2, -0.15) is 13.4 Å². The van der Waals surface area contributed by atoms with Gasteiger partial charge in [-0.05, 0) is 43.7 Å². The number of hydrogen-bond acceptors (Lipinski definition) is 10. The molecule has 1 unspecified atom stereocenters. The maximum Gasteiger partial charge on any atom is 0.277 e. The third kappa shape index (κ3) is 5.56. The number of nitrogens with one attached hydrogen (secondary N) is 1. The second kappa shape index (κ2) is 10.3. The SMILES string of the molecule is CS(=O)(=O)N1CCC(Nc2ncc3cc(C(F)F)c(=O)n(C4CCC/C4=C\S(=O)(=O)n4cncn4)c3n2)CC1. The van der Waals surface area contributed by atoms with Gasteiger partial charge in [0, 0.05) is 30.7 Å². The Balaban J connectivity index is 1.54. The zero-order valence-electron chi connectivity index (χ0n) is 20.8. The fourth-order valence-corrected chi connectivity index (χ4v) is 7.03. The lowest BCUT2D eigenvalue weighted by Gasteiger charge is -2.30. The Morgan fingerprint density at radius 2 is 1.90 bits per heavy atom. The Kier molecular flexibility index (Phi) is 7.23. The summed E-state index contributed by atoms with van der Waals surface area (Å²) in [5, 5.41) is 8.01. The van der Waals surface area contributed by atoms with Gasteiger partial charge in [-0.1, -0.05) is 0 Å². The van der Waals surface area contributed by atoms with Gasteiger partial charge >= 0.3 is 0 Å². The van der Waals surface area contributed by atoms with Gasteiger partial charge in [-0.3, -0.25) is 9.36 Å². The molecule has 1 saturated heterocycles. The van der Waals surface area contributed by atoms with Gasteiger partial charge in [0.2, 0.25) is 16.0 Å². The fourth-order valence-electron chi connectivity index (χ4n) is 5.03. The zero-order valence-corrected chi connectivity index (χ0v) is 22.4. The molecule has 3 aromatic heterocycles. The van der Waals surface area contributed by atoms with Crippen LogP contribution >= 0.6 is 0 Å². The van der Waals surface area contributed by atoms with Crippen molar-refractivity contribution in [1.29, 1.82) is 0 Å². The van der Waals surface area contributed by atoms with Crippen molar-refractivity contribution in [3.8, 4) is 0 Å². The van der Waals surface area contributed by atoms with Crippen LogP contribution in [0.4, 0.5) is 14.7 Å². The zero-order chi connectivity index (χ0) is 27.9. The molecule has 0 radical (unpaired) electrons. The van der Waals surface area contributed by atoms with E-state index < -0.39 is 43.6 Å². The van der Waals surface area contributed by atoms with Crippen molar-refractivity contribution in [3.63, 3.8) is 0 Å². The monoisotopic (exact) mass is 584 g/mol. The van der Waals surface area contributed by atoms with Crippen molar-refractivity contribution in [2.75, 3.05) is 24.7 Å². The molecule has 5 rings (SSSR count). The van der Waals surface area contributed by atoms with Crippen LogP contribution in [0.25, 0.3) is 11.0 Å². The number of pyridine rings is 1. The minimum Gasteiger partial charge on any atom is -0.351 e. The molecular weight excluding hydrogens is 558 g/mol. The smallest absolute Gasteiger partial charge is 0.277 e. The Hall–Kier alpha value is -3.31. The maximum absolute atomic E-state index is 13.8. The van der Waals surface area contributed by atoms with E-state index in [2.05, 4.69) is 25.4 Å². The topological polar surface area (TPSA) is 162 Å². The average Bonchev–Trinajstić information content (AvgIpc) is 3.56. The van der Waals surface area contributed by atoms with E-state index in [1.165, 1.54) is 10.5 Å². The van der Waals surface area contributed by atoms with E-state index in [0.717, 1.165) is 35.0 Å². The minimum atomic E-state index is -4.05. The second-order valence-electron chi connectivity index (χ2n) is 9.54. The van der Waals surface area contributed by atoms with E-state index in [1.807, 2.05) is 0 Å². The van der Waals surface area contributed by atoms with Crippen LogP contribution in [0.1, 0.15) is 50.1 Å². The van der Waals surface area contributed by atoms with E-state index in [1.54, 1.807) is 0 Å². The molecule has 0 aromatic carbocycles. The number of hydrogen-bond donors (Lipinski definition) is 1. The van der Waals surface area contributed by atoms with E-state index in [9.17, 15) is 30.4 Å². The molecule has 1 atom stereocenters. The Bertz CT molecular complexity index is 1680. The molecule has 0 spiro atoms. The molecule has 0 amide bonds. The van der Waals surface area contributed by atoms with Crippen LogP contribution in [0.2, 0.25) is 0 Å². The summed E-state index contributed by atoms with van der Waals surface area (Å²) in [7, 11) is -7.35. The van der Waals surface area contributed by atoms with Crippen LogP contribution in [0.15, 0.2) is 40.7 Å². The van der Waals surface area contributed by atoms with E-state index >= 15 is 0 Å². The number of allylic oxidation sites excluding steroid dienone is 1. The normalized spacial score (nSPS) is 20.8. The molecule has 39 heavy (non-hydrogen) atoms. The van der Waals surface area contributed by atoms with Crippen molar-refractivity contribution in [2.24, 2.45) is 0 Å². The first-order valence-corrected chi connectivity index (χ1v) is 15.5. The Morgan fingerprint density at radius 1 is 1.15 bits per heavy atom. The number of rotatable bonds is 7. The van der Waals surface area contributed by atoms with E-state index in [0.29, 0.717) is 54.9 Å². The highest BCUT2D eigenvalue weighted by atomic mass is 32.2. The van der Waals surface area contributed by atoms with Crippen LogP contribution in [0, 0.1) is 0 Å². The summed E-state index contributed by atoms with van der Waals surface area (Å²) in [6.07, 6.45) is 3.75. The van der Waals surface area contributed by atoms with Gasteiger partial charge in [0.1, 0.15) is 18.3 Å². The molecule has 1 aliphatic heterocycles. The molecule has 0 bridgehead atoms. The summed E-state index contributed by atoms with van der Waals surface area (Å²) >= 11 is 0. The number of alkyl halides is 2. The first-order chi connectivity index (χ1) is 18.4. The number of fused-ring (bicyclic) bond motifs is 1. The van der Waals surface area contributed by atoms with Gasteiger partial charge in [0.05, 0.1) is 23.3 Å². The van der Waals surface area contributed by atoms with Gasteiger partial charge in [-0.15, -0.1) is 9.19 Å². The number of anilines is 1. The molecule has 1 saturated carbocycles. The van der Waals surface area contributed by atoms with Crippen LogP contribution < -0.4 is 10.9 Å². The quantitative estimate of drug-likeness (QED) is 0.432. The molecule has 1 aliphatic carbocycles. The first-order valence-electron chi connectivity index (χ1n) is 12.2. The van der Waals surface area contributed by atoms with Crippen molar-refractivity contribution in [1.82, 2.24) is 33.0 Å². The Labute approximate surface area is 222 Å². The number of piperidine rings is 1. The summed E-state index contributed by atoms with van der Waals surface area (Å²) in [5.41, 5.74) is -1.24. The van der Waals surface area contributed by atoms with Gasteiger partial charge in [-0.25, -0.2) is 31.5 Å². The highest BCUT2D eigenvalue weighted by molar-refractivity contribution is 7.92. The fraction of sp³-hybridized carbons (Fsp3) is 0.500. The number of halogens is 2. The molecule has 3 aromatic rings. The van der Waals surface area contributed by atoms with Crippen molar-refractivity contribution < 1.29 is 25.6 Å². The number of sulfonamides is 1. The molecule has 2 fully saturated rings. The predicted octanol–water partition coefficient (Wildman–Crippen LogP) is 1.64. The lowest BCUT2D eigenvalue weighted by Crippen LogP contribution is -2.42. The number of aromatic nitrogens is 6. The predicted molar refractivity (Wildman–Crippen MR) is 137 cm³/mol. The lowest BCUT2D eigenvalue weighted by atomic mass is 10.1. The van der Waals surface area contributed by atoms with Crippen LogP contribution in [-0.4, -0.2) is 75.2 Å². The summed E-state index contributed by atoms with van der Waals surface area (Å²) < 4.78 is 80.1. The molecule has 4 heterocycles. The van der Waals surface area contributed by atoms with Crippen LogP contribution in [0.5, 0.6) is 0 Å². The first kappa shape index (κ1) is 27.3. The molecule has 2 aliphatic rings. The van der Waals surface area contributed by atoms with Gasteiger partial charge in [0.15, 0.2) is 0 Å². The lowest BCUT2D eigenvalue weighted by molar-refractivity contribution is 0.149. The summed E-state index contributed by atoms with van der Waals surface area (Å²) in [6.45, 7) is 0.645. The third-order valence-corrected chi connectivity index (χ3v) is 9.55. The van der Waals surface area contributed by atoms with Gasteiger partial charge < -0.3 is 5.32 Å². The van der Waals surface area contributed by atoms with Crippen LogP contribution in [-0.2, 0) is 20.0 Å². The molecular formula is C22H26F2N8O5S2. The highest BCUT2D eigenvalue weighted by Gasteiger charge is 2.31.